The van der Waals surface area contributed by atoms with Crippen LogP contribution in [0.25, 0.3) is 0 Å². The molecule has 5 heteroatoms. The lowest BCUT2D eigenvalue weighted by Crippen LogP contribution is -2.21. The first-order valence-corrected chi connectivity index (χ1v) is 5.84. The second-order valence-electron chi connectivity index (χ2n) is 3.95. The molecule has 0 aromatic carbocycles. The van der Waals surface area contributed by atoms with Gasteiger partial charge in [0.15, 0.2) is 0 Å². The standard InChI is InChI=1S/C9H16N4S/c1-6(2)8-12-9(14-13-8)11-7-3-4-10-5-7/h6-7,10H,3-5H2,1-2H3,(H,11,12,13). The average Bonchev–Trinajstić information content (AvgIpc) is 2.75. The molecule has 14 heavy (non-hydrogen) atoms. The van der Waals surface area contributed by atoms with Gasteiger partial charge in [0.25, 0.3) is 0 Å². The maximum atomic E-state index is 4.44. The fraction of sp³-hybridized carbons (Fsp3) is 0.778. The molecule has 1 unspecified atom stereocenters. The molecule has 0 spiro atoms. The summed E-state index contributed by atoms with van der Waals surface area (Å²) < 4.78 is 4.31. The number of anilines is 1. The van der Waals surface area contributed by atoms with Gasteiger partial charge in [-0.3, -0.25) is 0 Å². The minimum Gasteiger partial charge on any atom is -0.356 e. The normalized spacial score (nSPS) is 21.8. The van der Waals surface area contributed by atoms with Crippen molar-refractivity contribution in [3.05, 3.63) is 5.82 Å². The van der Waals surface area contributed by atoms with Gasteiger partial charge in [-0.15, -0.1) is 0 Å². The monoisotopic (exact) mass is 212 g/mol. The molecule has 1 atom stereocenters. The molecular formula is C9H16N4S. The summed E-state index contributed by atoms with van der Waals surface area (Å²) in [6.45, 7) is 6.37. The van der Waals surface area contributed by atoms with E-state index >= 15 is 0 Å². The maximum Gasteiger partial charge on any atom is 0.202 e. The fourth-order valence-corrected chi connectivity index (χ4v) is 2.27. The van der Waals surface area contributed by atoms with Gasteiger partial charge in [0.2, 0.25) is 5.13 Å². The van der Waals surface area contributed by atoms with Crippen LogP contribution in [-0.2, 0) is 0 Å². The highest BCUT2D eigenvalue weighted by atomic mass is 32.1. The Balaban J connectivity index is 1.95. The largest absolute Gasteiger partial charge is 0.356 e. The van der Waals surface area contributed by atoms with Crippen LogP contribution in [0.5, 0.6) is 0 Å². The van der Waals surface area contributed by atoms with Crippen molar-refractivity contribution in [3.63, 3.8) is 0 Å². The van der Waals surface area contributed by atoms with Gasteiger partial charge in [-0.25, -0.2) is 4.98 Å². The molecule has 0 bridgehead atoms. The van der Waals surface area contributed by atoms with Crippen LogP contribution >= 0.6 is 11.5 Å². The van der Waals surface area contributed by atoms with Crippen LogP contribution in [0.3, 0.4) is 0 Å². The Hall–Kier alpha value is -0.680. The zero-order chi connectivity index (χ0) is 9.97. The van der Waals surface area contributed by atoms with Crippen molar-refractivity contribution in [2.24, 2.45) is 0 Å². The minimum absolute atomic E-state index is 0.420. The molecule has 2 heterocycles. The molecule has 1 aromatic heterocycles. The summed E-state index contributed by atoms with van der Waals surface area (Å²) in [5.74, 6) is 1.37. The highest BCUT2D eigenvalue weighted by Gasteiger charge is 2.16. The smallest absolute Gasteiger partial charge is 0.202 e. The summed E-state index contributed by atoms with van der Waals surface area (Å²) in [7, 11) is 0. The van der Waals surface area contributed by atoms with E-state index in [4.69, 9.17) is 0 Å². The topological polar surface area (TPSA) is 49.8 Å². The molecule has 1 saturated heterocycles. The van der Waals surface area contributed by atoms with Crippen molar-refractivity contribution in [2.75, 3.05) is 18.4 Å². The summed E-state index contributed by atoms with van der Waals surface area (Å²) >= 11 is 1.46. The van der Waals surface area contributed by atoms with Crippen molar-refractivity contribution in [3.8, 4) is 0 Å². The molecular weight excluding hydrogens is 196 g/mol. The number of hydrogen-bond donors (Lipinski definition) is 2. The van der Waals surface area contributed by atoms with Crippen LogP contribution in [0.4, 0.5) is 5.13 Å². The summed E-state index contributed by atoms with van der Waals surface area (Å²) in [5.41, 5.74) is 0. The van der Waals surface area contributed by atoms with Crippen molar-refractivity contribution in [2.45, 2.75) is 32.2 Å². The first kappa shape index (κ1) is 9.86. The van der Waals surface area contributed by atoms with E-state index < -0.39 is 0 Å². The molecule has 0 aliphatic carbocycles. The van der Waals surface area contributed by atoms with E-state index in [1.54, 1.807) is 0 Å². The second kappa shape index (κ2) is 4.23. The van der Waals surface area contributed by atoms with Crippen molar-refractivity contribution in [1.29, 1.82) is 0 Å². The number of rotatable bonds is 3. The summed E-state index contributed by atoms with van der Waals surface area (Å²) in [6, 6.07) is 0.531. The fourth-order valence-electron chi connectivity index (χ4n) is 1.48. The Labute approximate surface area is 88.3 Å². The van der Waals surface area contributed by atoms with Crippen LogP contribution in [0.15, 0.2) is 0 Å². The third kappa shape index (κ3) is 2.22. The van der Waals surface area contributed by atoms with E-state index in [1.165, 1.54) is 18.0 Å². The van der Waals surface area contributed by atoms with Crippen molar-refractivity contribution >= 4 is 16.7 Å². The maximum absolute atomic E-state index is 4.44. The highest BCUT2D eigenvalue weighted by molar-refractivity contribution is 7.09. The van der Waals surface area contributed by atoms with Gasteiger partial charge in [0.05, 0.1) is 0 Å². The lowest BCUT2D eigenvalue weighted by molar-refractivity contribution is 0.777. The molecule has 78 valence electrons. The van der Waals surface area contributed by atoms with E-state index in [0.29, 0.717) is 12.0 Å². The Bertz CT molecular complexity index is 291. The lowest BCUT2D eigenvalue weighted by atomic mass is 10.2. The van der Waals surface area contributed by atoms with E-state index in [2.05, 4.69) is 33.8 Å². The first-order valence-electron chi connectivity index (χ1n) is 5.06. The van der Waals surface area contributed by atoms with Gasteiger partial charge in [-0.2, -0.15) is 4.37 Å². The predicted octanol–water partition coefficient (Wildman–Crippen LogP) is 1.44. The average molecular weight is 212 g/mol. The van der Waals surface area contributed by atoms with E-state index in [-0.39, 0.29) is 0 Å². The Morgan fingerprint density at radius 1 is 1.57 bits per heavy atom. The summed E-state index contributed by atoms with van der Waals surface area (Å²) in [6.07, 6.45) is 1.18. The predicted molar refractivity (Wildman–Crippen MR) is 58.9 cm³/mol. The highest BCUT2D eigenvalue weighted by Crippen LogP contribution is 2.18. The molecule has 1 fully saturated rings. The van der Waals surface area contributed by atoms with E-state index in [9.17, 15) is 0 Å². The zero-order valence-electron chi connectivity index (χ0n) is 8.58. The molecule has 0 amide bonds. The molecule has 1 aliphatic heterocycles. The third-order valence-corrected chi connectivity index (χ3v) is 3.01. The molecule has 1 aliphatic rings. The van der Waals surface area contributed by atoms with Gasteiger partial charge < -0.3 is 10.6 Å². The Morgan fingerprint density at radius 3 is 3.00 bits per heavy atom. The van der Waals surface area contributed by atoms with Gasteiger partial charge in [0, 0.05) is 30.0 Å². The van der Waals surface area contributed by atoms with Crippen molar-refractivity contribution < 1.29 is 0 Å². The van der Waals surface area contributed by atoms with Gasteiger partial charge in [0.1, 0.15) is 5.82 Å². The van der Waals surface area contributed by atoms with E-state index in [0.717, 1.165) is 24.0 Å². The van der Waals surface area contributed by atoms with Gasteiger partial charge in [-0.1, -0.05) is 13.8 Å². The lowest BCUT2D eigenvalue weighted by Gasteiger charge is -2.08. The number of nitrogens with one attached hydrogen (secondary N) is 2. The molecule has 2 N–H and O–H groups in total. The summed E-state index contributed by atoms with van der Waals surface area (Å²) in [5, 5.41) is 7.68. The van der Waals surface area contributed by atoms with E-state index in [1.807, 2.05) is 0 Å². The number of hydrogen-bond acceptors (Lipinski definition) is 5. The zero-order valence-corrected chi connectivity index (χ0v) is 9.40. The van der Waals surface area contributed by atoms with Crippen LogP contribution in [0.2, 0.25) is 0 Å². The Kier molecular flexibility index (Phi) is 2.98. The van der Waals surface area contributed by atoms with Crippen LogP contribution in [-0.4, -0.2) is 28.5 Å². The number of nitrogens with zero attached hydrogens (tertiary/aromatic N) is 2. The second-order valence-corrected chi connectivity index (χ2v) is 4.70. The third-order valence-electron chi connectivity index (χ3n) is 2.35. The number of aromatic nitrogens is 2. The SMILES string of the molecule is CC(C)c1nsc(NC2CCNC2)n1. The molecule has 0 radical (unpaired) electrons. The molecule has 1 aromatic rings. The Morgan fingerprint density at radius 2 is 2.43 bits per heavy atom. The van der Waals surface area contributed by atoms with Crippen LogP contribution < -0.4 is 10.6 Å². The molecule has 4 nitrogen and oxygen atoms in total. The molecule has 0 saturated carbocycles. The quantitative estimate of drug-likeness (QED) is 0.796. The van der Waals surface area contributed by atoms with Crippen LogP contribution in [0.1, 0.15) is 32.0 Å². The van der Waals surface area contributed by atoms with Crippen molar-refractivity contribution in [1.82, 2.24) is 14.7 Å². The van der Waals surface area contributed by atoms with Gasteiger partial charge in [-0.05, 0) is 13.0 Å². The van der Waals surface area contributed by atoms with Crippen LogP contribution in [0, 0.1) is 0 Å². The summed E-state index contributed by atoms with van der Waals surface area (Å²) in [4.78, 5) is 4.44. The first-order chi connectivity index (χ1) is 6.75. The molecule has 2 rings (SSSR count). The van der Waals surface area contributed by atoms with Gasteiger partial charge >= 0.3 is 0 Å². The minimum atomic E-state index is 0.420.